The van der Waals surface area contributed by atoms with Gasteiger partial charge >= 0.3 is 0 Å². The monoisotopic (exact) mass is 306 g/mol. The third-order valence-corrected chi connectivity index (χ3v) is 4.49. The Hall–Kier alpha value is -1.62. The van der Waals surface area contributed by atoms with Gasteiger partial charge in [-0.1, -0.05) is 49.7 Å². The van der Waals surface area contributed by atoms with Crippen LogP contribution in [0.3, 0.4) is 0 Å². The molecule has 5 heteroatoms. The first-order chi connectivity index (χ1) is 10.1. The summed E-state index contributed by atoms with van der Waals surface area (Å²) >= 11 is 5.20. The highest BCUT2D eigenvalue weighted by molar-refractivity contribution is 7.80. The van der Waals surface area contributed by atoms with Crippen LogP contribution in [0.25, 0.3) is 0 Å². The quantitative estimate of drug-likeness (QED) is 0.820. The first-order valence-electron chi connectivity index (χ1n) is 7.30. The van der Waals surface area contributed by atoms with Crippen LogP contribution in [0.15, 0.2) is 24.3 Å². The smallest absolute Gasteiger partial charge is 0.225 e. The number of nitrogens with one attached hydrogen (secondary N) is 1. The van der Waals surface area contributed by atoms with Crippen molar-refractivity contribution in [3.05, 3.63) is 29.8 Å². The van der Waals surface area contributed by atoms with E-state index in [2.05, 4.69) is 5.32 Å². The highest BCUT2D eigenvalue weighted by Gasteiger charge is 2.36. The highest BCUT2D eigenvalue weighted by Crippen LogP contribution is 2.29. The highest BCUT2D eigenvalue weighted by atomic mass is 32.1. The van der Waals surface area contributed by atoms with Crippen LogP contribution in [0.5, 0.6) is 5.75 Å². The molecule has 3 N–H and O–H groups in total. The summed E-state index contributed by atoms with van der Waals surface area (Å²) in [6.07, 6.45) is 5.21. The van der Waals surface area contributed by atoms with E-state index < -0.39 is 5.54 Å². The van der Waals surface area contributed by atoms with Gasteiger partial charge in [-0.25, -0.2) is 0 Å². The molecule has 1 aromatic rings. The van der Waals surface area contributed by atoms with Gasteiger partial charge in [0.25, 0.3) is 0 Å². The molecule has 21 heavy (non-hydrogen) atoms. The van der Waals surface area contributed by atoms with Crippen molar-refractivity contribution in [2.45, 2.75) is 44.1 Å². The van der Waals surface area contributed by atoms with Crippen LogP contribution in [0.2, 0.25) is 0 Å². The Bertz CT molecular complexity index is 525. The molecule has 114 valence electrons. The molecule has 1 aliphatic carbocycles. The van der Waals surface area contributed by atoms with E-state index in [1.807, 2.05) is 24.3 Å². The van der Waals surface area contributed by atoms with Gasteiger partial charge in [0.2, 0.25) is 5.91 Å². The molecule has 0 heterocycles. The van der Waals surface area contributed by atoms with Crippen molar-refractivity contribution < 1.29 is 9.53 Å². The number of methoxy groups -OCH3 is 1. The lowest BCUT2D eigenvalue weighted by atomic mass is 9.81. The summed E-state index contributed by atoms with van der Waals surface area (Å²) < 4.78 is 5.28. The number of ether oxygens (including phenoxy) is 1. The Balaban J connectivity index is 2.07. The predicted molar refractivity (Wildman–Crippen MR) is 87.4 cm³/mol. The van der Waals surface area contributed by atoms with Crippen molar-refractivity contribution in [3.63, 3.8) is 0 Å². The van der Waals surface area contributed by atoms with Crippen LogP contribution >= 0.6 is 12.2 Å². The van der Waals surface area contributed by atoms with E-state index in [-0.39, 0.29) is 12.3 Å². The molecule has 0 spiro atoms. The summed E-state index contributed by atoms with van der Waals surface area (Å²) in [6, 6.07) is 7.53. The summed E-state index contributed by atoms with van der Waals surface area (Å²) in [5, 5.41) is 3.07. The molecule has 1 aromatic carbocycles. The van der Waals surface area contributed by atoms with Gasteiger partial charge in [0, 0.05) is 5.56 Å². The van der Waals surface area contributed by atoms with E-state index in [0.717, 1.165) is 37.0 Å². The maximum Gasteiger partial charge on any atom is 0.225 e. The van der Waals surface area contributed by atoms with E-state index >= 15 is 0 Å². The van der Waals surface area contributed by atoms with E-state index in [0.29, 0.717) is 4.99 Å². The maximum absolute atomic E-state index is 12.4. The molecule has 4 nitrogen and oxygen atoms in total. The zero-order valence-electron chi connectivity index (χ0n) is 12.4. The number of rotatable bonds is 5. The van der Waals surface area contributed by atoms with E-state index in [1.165, 1.54) is 6.42 Å². The number of hydrogen-bond donors (Lipinski definition) is 2. The Labute approximate surface area is 131 Å². The molecule has 0 bridgehead atoms. The summed E-state index contributed by atoms with van der Waals surface area (Å²) in [5.41, 5.74) is 6.25. The number of nitrogens with two attached hydrogens (primary N) is 1. The zero-order chi connectivity index (χ0) is 15.3. The van der Waals surface area contributed by atoms with Crippen molar-refractivity contribution in [1.82, 2.24) is 5.32 Å². The van der Waals surface area contributed by atoms with E-state index in [4.69, 9.17) is 22.7 Å². The lowest BCUT2D eigenvalue weighted by Gasteiger charge is -2.37. The molecule has 1 fully saturated rings. The minimum absolute atomic E-state index is 0.0609. The van der Waals surface area contributed by atoms with Gasteiger partial charge in [0.05, 0.1) is 24.1 Å². The van der Waals surface area contributed by atoms with Gasteiger partial charge in [0.1, 0.15) is 5.75 Å². The largest absolute Gasteiger partial charge is 0.496 e. The number of carbonyl (C=O) groups excluding carboxylic acids is 1. The molecule has 1 amide bonds. The molecule has 0 aliphatic heterocycles. The molecule has 0 atom stereocenters. The fourth-order valence-corrected chi connectivity index (χ4v) is 3.18. The van der Waals surface area contributed by atoms with Crippen LogP contribution in [0.1, 0.15) is 37.7 Å². The molecule has 0 radical (unpaired) electrons. The molecular weight excluding hydrogens is 284 g/mol. The summed E-state index contributed by atoms with van der Waals surface area (Å²) in [7, 11) is 1.61. The maximum atomic E-state index is 12.4. The van der Waals surface area contributed by atoms with Gasteiger partial charge in [0.15, 0.2) is 0 Å². The Morgan fingerprint density at radius 3 is 2.62 bits per heavy atom. The van der Waals surface area contributed by atoms with Crippen molar-refractivity contribution in [3.8, 4) is 5.75 Å². The van der Waals surface area contributed by atoms with Crippen molar-refractivity contribution >= 4 is 23.1 Å². The van der Waals surface area contributed by atoms with Crippen LogP contribution in [0.4, 0.5) is 0 Å². The molecule has 0 unspecified atom stereocenters. The summed E-state index contributed by atoms with van der Waals surface area (Å²) in [5.74, 6) is 0.662. The number of hydrogen-bond acceptors (Lipinski definition) is 3. The molecule has 0 saturated heterocycles. The number of benzene rings is 1. The zero-order valence-corrected chi connectivity index (χ0v) is 13.2. The van der Waals surface area contributed by atoms with Crippen LogP contribution < -0.4 is 15.8 Å². The van der Waals surface area contributed by atoms with Crippen LogP contribution in [-0.2, 0) is 11.2 Å². The second kappa shape index (κ2) is 6.89. The third-order valence-electron chi connectivity index (χ3n) is 4.10. The molecule has 1 aliphatic rings. The minimum atomic E-state index is -0.507. The van der Waals surface area contributed by atoms with Gasteiger partial charge in [-0.05, 0) is 18.9 Å². The second-order valence-corrected chi connectivity index (χ2v) is 5.98. The van der Waals surface area contributed by atoms with E-state index in [1.54, 1.807) is 7.11 Å². The standard InChI is InChI=1S/C16H22N2O2S/c1-20-13-8-4-3-7-12(13)11-14(19)18-16(15(17)21)9-5-2-6-10-16/h3-4,7-8H,2,5-6,9-11H2,1H3,(H2,17,21)(H,18,19). The van der Waals surface area contributed by atoms with Gasteiger partial charge in [-0.3, -0.25) is 4.79 Å². The lowest BCUT2D eigenvalue weighted by molar-refractivity contribution is -0.122. The summed E-state index contributed by atoms with van der Waals surface area (Å²) in [6.45, 7) is 0. The van der Waals surface area contributed by atoms with Gasteiger partial charge in [-0.2, -0.15) is 0 Å². The Kier molecular flexibility index (Phi) is 5.17. The molecule has 2 rings (SSSR count). The fourth-order valence-electron chi connectivity index (χ4n) is 2.92. The summed E-state index contributed by atoms with van der Waals surface area (Å²) in [4.78, 5) is 12.8. The third kappa shape index (κ3) is 3.73. The van der Waals surface area contributed by atoms with Crippen LogP contribution in [0, 0.1) is 0 Å². The first-order valence-corrected chi connectivity index (χ1v) is 7.71. The van der Waals surface area contributed by atoms with E-state index in [9.17, 15) is 4.79 Å². The average molecular weight is 306 g/mol. The SMILES string of the molecule is COc1ccccc1CC(=O)NC1(C(N)=S)CCCCC1. The number of amides is 1. The first kappa shape index (κ1) is 15.8. The molecule has 1 saturated carbocycles. The lowest BCUT2D eigenvalue weighted by Crippen LogP contribution is -2.58. The normalized spacial score (nSPS) is 17.0. The molecular formula is C16H22N2O2S. The van der Waals surface area contributed by atoms with Crippen molar-refractivity contribution in [2.75, 3.05) is 7.11 Å². The predicted octanol–water partition coefficient (Wildman–Crippen LogP) is 2.34. The Morgan fingerprint density at radius 2 is 2.00 bits per heavy atom. The van der Waals surface area contributed by atoms with Crippen LogP contribution in [-0.4, -0.2) is 23.5 Å². The fraction of sp³-hybridized carbons (Fsp3) is 0.500. The van der Waals surface area contributed by atoms with Crippen molar-refractivity contribution in [2.24, 2.45) is 5.73 Å². The van der Waals surface area contributed by atoms with Gasteiger partial charge in [-0.15, -0.1) is 0 Å². The second-order valence-electron chi connectivity index (χ2n) is 5.54. The minimum Gasteiger partial charge on any atom is -0.496 e. The number of thiocarbonyl (C=S) groups is 1. The number of para-hydroxylation sites is 1. The molecule has 0 aromatic heterocycles. The topological polar surface area (TPSA) is 64.3 Å². The average Bonchev–Trinajstić information content (AvgIpc) is 2.48. The number of carbonyl (C=O) groups is 1. The Morgan fingerprint density at radius 1 is 1.33 bits per heavy atom. The van der Waals surface area contributed by atoms with Crippen molar-refractivity contribution in [1.29, 1.82) is 0 Å². The van der Waals surface area contributed by atoms with Gasteiger partial charge < -0.3 is 15.8 Å².